The molecule has 4 rings (SSSR count). The fourth-order valence-electron chi connectivity index (χ4n) is 4.55. The molecule has 1 saturated carbocycles. The van der Waals surface area contributed by atoms with Gasteiger partial charge in [-0.3, -0.25) is 19.4 Å². The summed E-state index contributed by atoms with van der Waals surface area (Å²) in [5.41, 5.74) is 1.21. The fourth-order valence-corrected chi connectivity index (χ4v) is 5.65. The highest BCUT2D eigenvalue weighted by Crippen LogP contribution is 2.46. The number of hydrogen-bond donors (Lipinski definition) is 2. The van der Waals surface area contributed by atoms with Gasteiger partial charge in [0.05, 0.1) is 43.9 Å². The molecular formula is C22H29N3O5S. The SMILES string of the molecule is COc1cc([C@H]2SCC(=O)Nc3c2c(=O)[nH]n3C2CCCCCC2)cc(OC)c1OC. The van der Waals surface area contributed by atoms with Gasteiger partial charge in [0.1, 0.15) is 5.82 Å². The molecule has 1 aromatic heterocycles. The molecule has 2 aromatic rings. The smallest absolute Gasteiger partial charge is 0.270 e. The van der Waals surface area contributed by atoms with Crippen LogP contribution in [0.15, 0.2) is 16.9 Å². The number of carbonyl (C=O) groups excluding carboxylic acids is 1. The van der Waals surface area contributed by atoms with Crippen molar-refractivity contribution in [3.8, 4) is 17.2 Å². The quantitative estimate of drug-likeness (QED) is 0.676. The van der Waals surface area contributed by atoms with E-state index in [1.54, 1.807) is 21.3 Å². The van der Waals surface area contributed by atoms with Gasteiger partial charge in [-0.05, 0) is 30.5 Å². The molecule has 2 aliphatic rings. The number of thioether (sulfide) groups is 1. The van der Waals surface area contributed by atoms with Gasteiger partial charge in [0, 0.05) is 0 Å². The maximum atomic E-state index is 13.2. The first-order valence-electron chi connectivity index (χ1n) is 10.6. The van der Waals surface area contributed by atoms with Gasteiger partial charge in [0.2, 0.25) is 11.7 Å². The Balaban J connectivity index is 1.84. The third kappa shape index (κ3) is 4.15. The number of amides is 1. The Morgan fingerprint density at radius 3 is 2.19 bits per heavy atom. The Morgan fingerprint density at radius 2 is 1.61 bits per heavy atom. The molecule has 168 valence electrons. The number of fused-ring (bicyclic) bond motifs is 1. The number of benzene rings is 1. The van der Waals surface area contributed by atoms with E-state index >= 15 is 0 Å². The first-order valence-corrected chi connectivity index (χ1v) is 11.7. The van der Waals surface area contributed by atoms with E-state index in [2.05, 4.69) is 10.4 Å². The maximum Gasteiger partial charge on any atom is 0.270 e. The van der Waals surface area contributed by atoms with E-state index in [1.807, 2.05) is 16.8 Å². The van der Waals surface area contributed by atoms with Crippen molar-refractivity contribution in [2.45, 2.75) is 49.8 Å². The summed E-state index contributed by atoms with van der Waals surface area (Å²) in [5, 5.41) is 5.67. The first kappa shape index (κ1) is 21.7. The molecule has 31 heavy (non-hydrogen) atoms. The Hall–Kier alpha value is -2.55. The van der Waals surface area contributed by atoms with Crippen LogP contribution in [0.5, 0.6) is 17.2 Å². The Morgan fingerprint density at radius 1 is 0.968 bits per heavy atom. The highest BCUT2D eigenvalue weighted by molar-refractivity contribution is 8.00. The van der Waals surface area contributed by atoms with Crippen molar-refractivity contribution in [1.29, 1.82) is 0 Å². The van der Waals surface area contributed by atoms with Gasteiger partial charge in [-0.2, -0.15) is 0 Å². The number of nitrogens with zero attached hydrogens (tertiary/aromatic N) is 1. The molecule has 1 amide bonds. The lowest BCUT2D eigenvalue weighted by Gasteiger charge is -2.20. The van der Waals surface area contributed by atoms with Crippen LogP contribution < -0.4 is 25.1 Å². The van der Waals surface area contributed by atoms with Crippen molar-refractivity contribution < 1.29 is 19.0 Å². The van der Waals surface area contributed by atoms with Crippen LogP contribution in [-0.4, -0.2) is 42.8 Å². The molecule has 0 saturated heterocycles. The third-order valence-corrected chi connectivity index (χ3v) is 7.31. The fraction of sp³-hybridized carbons (Fsp3) is 0.545. The Bertz CT molecular complexity index is 982. The van der Waals surface area contributed by atoms with Crippen LogP contribution in [-0.2, 0) is 4.79 Å². The van der Waals surface area contributed by atoms with Crippen molar-refractivity contribution >= 4 is 23.5 Å². The number of rotatable bonds is 5. The molecule has 0 bridgehead atoms. The molecule has 9 heteroatoms. The molecule has 2 heterocycles. The van der Waals surface area contributed by atoms with Crippen LogP contribution in [0.4, 0.5) is 5.82 Å². The monoisotopic (exact) mass is 447 g/mol. The molecule has 1 fully saturated rings. The van der Waals surface area contributed by atoms with Crippen molar-refractivity contribution in [3.63, 3.8) is 0 Å². The number of aromatic amines is 1. The molecule has 0 spiro atoms. The van der Waals surface area contributed by atoms with E-state index in [0.29, 0.717) is 28.6 Å². The van der Waals surface area contributed by atoms with E-state index in [9.17, 15) is 9.59 Å². The van der Waals surface area contributed by atoms with Crippen LogP contribution in [0.2, 0.25) is 0 Å². The Kier molecular flexibility index (Phi) is 6.50. The third-order valence-electron chi connectivity index (χ3n) is 6.04. The summed E-state index contributed by atoms with van der Waals surface area (Å²) in [7, 11) is 4.68. The zero-order valence-corrected chi connectivity index (χ0v) is 19.0. The van der Waals surface area contributed by atoms with Gasteiger partial charge in [-0.1, -0.05) is 25.7 Å². The number of H-pyrrole nitrogens is 1. The number of methoxy groups -OCH3 is 3. The lowest BCUT2D eigenvalue weighted by molar-refractivity contribution is -0.113. The van der Waals surface area contributed by atoms with E-state index in [0.717, 1.165) is 31.2 Å². The van der Waals surface area contributed by atoms with E-state index in [1.165, 1.54) is 24.6 Å². The highest BCUT2D eigenvalue weighted by Gasteiger charge is 2.33. The second kappa shape index (κ2) is 9.30. The molecule has 1 atom stereocenters. The maximum absolute atomic E-state index is 13.2. The van der Waals surface area contributed by atoms with Gasteiger partial charge in [0.25, 0.3) is 5.56 Å². The largest absolute Gasteiger partial charge is 0.493 e. The number of nitrogens with one attached hydrogen (secondary N) is 2. The van der Waals surface area contributed by atoms with Crippen molar-refractivity contribution in [2.24, 2.45) is 0 Å². The average molecular weight is 448 g/mol. The summed E-state index contributed by atoms with van der Waals surface area (Å²) in [4.78, 5) is 25.7. The van der Waals surface area contributed by atoms with Crippen LogP contribution in [0.3, 0.4) is 0 Å². The number of hydrogen-bond acceptors (Lipinski definition) is 6. The normalized spacial score (nSPS) is 19.7. The predicted molar refractivity (Wildman–Crippen MR) is 121 cm³/mol. The molecule has 2 N–H and O–H groups in total. The first-order chi connectivity index (χ1) is 15.1. The summed E-state index contributed by atoms with van der Waals surface area (Å²) >= 11 is 1.42. The van der Waals surface area contributed by atoms with Crippen molar-refractivity contribution in [1.82, 2.24) is 9.78 Å². The van der Waals surface area contributed by atoms with Gasteiger partial charge in [0.15, 0.2) is 11.5 Å². The molecule has 1 aliphatic carbocycles. The average Bonchev–Trinajstić information content (AvgIpc) is 2.98. The minimum Gasteiger partial charge on any atom is -0.493 e. The Labute approximate surface area is 185 Å². The zero-order chi connectivity index (χ0) is 22.0. The molecule has 0 radical (unpaired) electrons. The van der Waals surface area contributed by atoms with Gasteiger partial charge in [-0.25, -0.2) is 0 Å². The molecule has 0 unspecified atom stereocenters. The van der Waals surface area contributed by atoms with Gasteiger partial charge >= 0.3 is 0 Å². The standard InChI is InChI=1S/C22H29N3O5S/c1-28-15-10-13(11-16(29-2)19(15)30-3)20-18-21(23-17(26)12-31-20)25(24-22(18)27)14-8-6-4-5-7-9-14/h10-11,14,20H,4-9,12H2,1-3H3,(H,23,26)(H,24,27)/t20-/m1/s1. The molecular weight excluding hydrogens is 418 g/mol. The van der Waals surface area contributed by atoms with Gasteiger partial charge in [-0.15, -0.1) is 11.8 Å². The van der Waals surface area contributed by atoms with E-state index < -0.39 is 0 Å². The summed E-state index contributed by atoms with van der Waals surface area (Å²) in [6, 6.07) is 3.88. The summed E-state index contributed by atoms with van der Waals surface area (Å²) in [6.07, 6.45) is 6.65. The topological polar surface area (TPSA) is 94.6 Å². The van der Waals surface area contributed by atoms with Crippen LogP contribution in [0, 0.1) is 0 Å². The zero-order valence-electron chi connectivity index (χ0n) is 18.2. The highest BCUT2D eigenvalue weighted by atomic mass is 32.2. The lowest BCUT2D eigenvalue weighted by Crippen LogP contribution is -2.19. The molecule has 1 aromatic carbocycles. The summed E-state index contributed by atoms with van der Waals surface area (Å²) < 4.78 is 18.4. The second-order valence-corrected chi connectivity index (χ2v) is 9.01. The minimum absolute atomic E-state index is 0.109. The van der Waals surface area contributed by atoms with E-state index in [-0.39, 0.29) is 28.5 Å². The number of anilines is 1. The van der Waals surface area contributed by atoms with Gasteiger partial charge < -0.3 is 19.5 Å². The molecule has 8 nitrogen and oxygen atoms in total. The summed E-state index contributed by atoms with van der Waals surface area (Å²) in [5.74, 6) is 2.25. The lowest BCUT2D eigenvalue weighted by atomic mass is 10.0. The summed E-state index contributed by atoms with van der Waals surface area (Å²) in [6.45, 7) is 0. The second-order valence-electron chi connectivity index (χ2n) is 7.92. The van der Waals surface area contributed by atoms with Crippen LogP contribution in [0.1, 0.15) is 60.9 Å². The van der Waals surface area contributed by atoms with Crippen molar-refractivity contribution in [3.05, 3.63) is 33.6 Å². The number of carbonyl (C=O) groups is 1. The van der Waals surface area contributed by atoms with Crippen molar-refractivity contribution in [2.75, 3.05) is 32.4 Å². The van der Waals surface area contributed by atoms with Crippen LogP contribution in [0.25, 0.3) is 0 Å². The minimum atomic E-state index is -0.349. The predicted octanol–water partition coefficient (Wildman–Crippen LogP) is 3.87. The number of aromatic nitrogens is 2. The molecule has 1 aliphatic heterocycles. The number of ether oxygens (including phenoxy) is 3. The van der Waals surface area contributed by atoms with E-state index in [4.69, 9.17) is 14.2 Å². The van der Waals surface area contributed by atoms with Crippen LogP contribution >= 0.6 is 11.8 Å².